The van der Waals surface area contributed by atoms with Crippen molar-refractivity contribution in [1.29, 1.82) is 0 Å². The van der Waals surface area contributed by atoms with Crippen molar-refractivity contribution in [2.75, 3.05) is 0 Å². The van der Waals surface area contributed by atoms with Gasteiger partial charge in [-0.1, -0.05) is 0 Å². The topological polar surface area (TPSA) is 0 Å². The van der Waals surface area contributed by atoms with Gasteiger partial charge >= 0.3 is 42.8 Å². The SMILES string of the molecule is [CH-]=CC[C-]=[W].[CH3-].[Y]. The van der Waals surface area contributed by atoms with Crippen molar-refractivity contribution < 1.29 is 52.1 Å². The molecule has 0 aliphatic carbocycles. The van der Waals surface area contributed by atoms with Crippen molar-refractivity contribution in [3.63, 3.8) is 0 Å². The summed E-state index contributed by atoms with van der Waals surface area (Å²) < 4.78 is 2.92. The van der Waals surface area contributed by atoms with Crippen LogP contribution >= 0.6 is 0 Å². The van der Waals surface area contributed by atoms with Gasteiger partial charge in [0.1, 0.15) is 0 Å². The molecule has 0 nitrogen and oxygen atoms in total. The fraction of sp³-hybridized carbons (Fsp3) is 0.200. The fourth-order valence-corrected chi connectivity index (χ4v) is 0.394. The summed E-state index contributed by atoms with van der Waals surface area (Å²) in [5, 5.41) is 0. The largest absolute Gasteiger partial charge is 0.358 e. The Morgan fingerprint density at radius 3 is 2.14 bits per heavy atom. The Balaban J connectivity index is -0.0000000800. The molecule has 0 atom stereocenters. The van der Waals surface area contributed by atoms with Gasteiger partial charge in [0.25, 0.3) is 0 Å². The van der Waals surface area contributed by atoms with E-state index in [2.05, 4.69) is 4.40 Å². The van der Waals surface area contributed by atoms with E-state index in [1.807, 2.05) is 0 Å². The minimum Gasteiger partial charge on any atom is -0.358 e. The minimum atomic E-state index is 0. The first-order chi connectivity index (χ1) is 2.41. The first-order valence-corrected chi connectivity index (χ1v) is 2.77. The quantitative estimate of drug-likeness (QED) is 0.660. The summed E-state index contributed by atoms with van der Waals surface area (Å²) in [6.45, 7) is 4.96. The first-order valence-electron chi connectivity index (χ1n) is 1.30. The minimum absolute atomic E-state index is 0. The maximum Gasteiger partial charge on any atom is 0 e. The zero-order valence-corrected chi connectivity index (χ0v) is 10.1. The maximum atomic E-state index is 4.96. The molecule has 0 aliphatic heterocycles. The molecule has 1 radical (unpaired) electrons. The van der Waals surface area contributed by atoms with E-state index in [-0.39, 0.29) is 40.1 Å². The van der Waals surface area contributed by atoms with Crippen molar-refractivity contribution in [2.24, 2.45) is 0 Å². The van der Waals surface area contributed by atoms with Crippen LogP contribution < -0.4 is 0 Å². The summed E-state index contributed by atoms with van der Waals surface area (Å²) in [6, 6.07) is 0. The second-order valence-electron chi connectivity index (χ2n) is 0.584. The predicted octanol–water partition coefficient (Wildman–Crippen LogP) is 1.04. The molecule has 0 aromatic carbocycles. The third-order valence-electron chi connectivity index (χ3n) is 0.201. The van der Waals surface area contributed by atoms with Gasteiger partial charge in [-0.15, -0.1) is 0 Å². The van der Waals surface area contributed by atoms with Crippen molar-refractivity contribution in [1.82, 2.24) is 0 Å². The van der Waals surface area contributed by atoms with Gasteiger partial charge in [0.2, 0.25) is 0 Å². The van der Waals surface area contributed by atoms with E-state index >= 15 is 0 Å². The van der Waals surface area contributed by atoms with Crippen LogP contribution in [0.1, 0.15) is 6.42 Å². The van der Waals surface area contributed by atoms with Crippen LogP contribution in [0.2, 0.25) is 0 Å². The van der Waals surface area contributed by atoms with Crippen LogP contribution in [0.4, 0.5) is 0 Å². The second-order valence-corrected chi connectivity index (χ2v) is 1.62. The molecule has 0 saturated heterocycles. The monoisotopic (exact) mass is 340 g/mol. The van der Waals surface area contributed by atoms with E-state index in [1.165, 1.54) is 19.4 Å². The smallest absolute Gasteiger partial charge is 0 e. The summed E-state index contributed by atoms with van der Waals surface area (Å²) in [4.78, 5) is 0. The Morgan fingerprint density at radius 2 is 2.14 bits per heavy atom. The molecule has 0 unspecified atom stereocenters. The molecule has 0 bridgehead atoms. The summed E-state index contributed by atoms with van der Waals surface area (Å²) in [5.41, 5.74) is 0. The van der Waals surface area contributed by atoms with E-state index in [9.17, 15) is 0 Å². The molecule has 7 heavy (non-hydrogen) atoms. The van der Waals surface area contributed by atoms with Crippen LogP contribution in [0.15, 0.2) is 6.08 Å². The number of hydrogen-bond acceptors (Lipinski definition) is 0. The Morgan fingerprint density at radius 1 is 1.71 bits per heavy atom. The zero-order chi connectivity index (χ0) is 4.12. The summed E-state index contributed by atoms with van der Waals surface area (Å²) in [6.07, 6.45) is 2.42. The Hall–Kier alpha value is 1.40. The average molecular weight is 340 g/mol. The molecule has 0 aromatic rings. The van der Waals surface area contributed by atoms with Crippen LogP contribution in [0.5, 0.6) is 0 Å². The molecular formula is C5H7WY-3. The van der Waals surface area contributed by atoms with Gasteiger partial charge in [0, 0.05) is 32.7 Å². The van der Waals surface area contributed by atoms with Gasteiger partial charge in [0.15, 0.2) is 0 Å². The Kier molecular flexibility index (Phi) is 35.3. The van der Waals surface area contributed by atoms with E-state index in [0.29, 0.717) is 0 Å². The van der Waals surface area contributed by atoms with Gasteiger partial charge in [-0.3, -0.25) is 0 Å². The van der Waals surface area contributed by atoms with Crippen LogP contribution in [-0.2, 0) is 52.1 Å². The molecule has 0 amide bonds. The van der Waals surface area contributed by atoms with Crippen LogP contribution in [0, 0.1) is 14.0 Å². The number of allylic oxidation sites excluding steroid dienone is 1. The predicted molar refractivity (Wildman–Crippen MR) is 24.9 cm³/mol. The number of hydrogen-bond donors (Lipinski definition) is 0. The van der Waals surface area contributed by atoms with E-state index < -0.39 is 0 Å². The molecule has 0 spiro atoms. The van der Waals surface area contributed by atoms with Crippen LogP contribution in [0.3, 0.4) is 0 Å². The summed E-state index contributed by atoms with van der Waals surface area (Å²) in [7, 11) is 0. The molecule has 0 aromatic heterocycles. The van der Waals surface area contributed by atoms with Gasteiger partial charge in [-0.25, -0.2) is 0 Å². The van der Waals surface area contributed by atoms with Crippen LogP contribution in [0.25, 0.3) is 0 Å². The molecule has 0 heterocycles. The fourth-order valence-electron chi connectivity index (χ4n) is 0.0481. The Labute approximate surface area is 82.1 Å². The van der Waals surface area contributed by atoms with Gasteiger partial charge in [-0.2, -0.15) is 0 Å². The maximum absolute atomic E-state index is 4.96. The van der Waals surface area contributed by atoms with E-state index in [4.69, 9.17) is 6.58 Å². The normalized spacial score (nSPS) is 4.57. The van der Waals surface area contributed by atoms with Gasteiger partial charge < -0.3 is 7.43 Å². The van der Waals surface area contributed by atoms with Gasteiger partial charge in [0.05, 0.1) is 0 Å². The summed E-state index contributed by atoms with van der Waals surface area (Å²) >= 11 is 1.36. The molecule has 0 N–H and O–H groups in total. The third kappa shape index (κ3) is 18.7. The summed E-state index contributed by atoms with van der Waals surface area (Å²) in [5.74, 6) is 0. The average Bonchev–Trinajstić information content (AvgIpc) is 1.41. The number of rotatable bonds is 2. The van der Waals surface area contributed by atoms with E-state index in [0.717, 1.165) is 6.42 Å². The van der Waals surface area contributed by atoms with E-state index in [1.54, 1.807) is 6.08 Å². The molecule has 2 heteroatoms. The second kappa shape index (κ2) is 15.7. The molecule has 0 rings (SSSR count). The van der Waals surface area contributed by atoms with Gasteiger partial charge in [-0.05, 0) is 0 Å². The van der Waals surface area contributed by atoms with Crippen molar-refractivity contribution in [3.8, 4) is 0 Å². The molecule has 39 valence electrons. The zero-order valence-electron chi connectivity index (χ0n) is 4.35. The first kappa shape index (κ1) is 15.8. The van der Waals surface area contributed by atoms with Crippen LogP contribution in [-0.4, -0.2) is 4.40 Å². The molecule has 0 fully saturated rings. The Bertz CT molecular complexity index is 37.3. The molecule has 0 aliphatic rings. The van der Waals surface area contributed by atoms with Crippen molar-refractivity contribution in [2.45, 2.75) is 6.42 Å². The van der Waals surface area contributed by atoms with Crippen molar-refractivity contribution >= 4 is 4.40 Å². The molecular weight excluding hydrogens is 333 g/mol. The molecule has 0 saturated carbocycles. The third-order valence-corrected chi connectivity index (χ3v) is 0.800. The standard InChI is InChI=1S/C4H4.CH3.W.Y/c1-3-4-2;;;/h1,3H,4H2;1H3;;/q-2;-1;;. The van der Waals surface area contributed by atoms with Crippen molar-refractivity contribution in [3.05, 3.63) is 20.1 Å².